The van der Waals surface area contributed by atoms with Crippen LogP contribution in [-0.2, 0) is 13.1 Å². The Morgan fingerprint density at radius 1 is 1.26 bits per heavy atom. The largest absolute Gasteiger partial charge is 0.465 e. The van der Waals surface area contributed by atoms with Crippen LogP contribution in [0.5, 0.6) is 0 Å². The number of aromatic nitrogens is 2. The van der Waals surface area contributed by atoms with Gasteiger partial charge in [-0.2, -0.15) is 0 Å². The van der Waals surface area contributed by atoms with Crippen molar-refractivity contribution in [2.45, 2.75) is 20.0 Å². The fourth-order valence-corrected chi connectivity index (χ4v) is 2.64. The van der Waals surface area contributed by atoms with Crippen molar-refractivity contribution in [1.82, 2.24) is 14.0 Å². The number of hydrogen-bond acceptors (Lipinski definition) is 2. The van der Waals surface area contributed by atoms with Crippen LogP contribution >= 0.6 is 11.6 Å². The van der Waals surface area contributed by atoms with E-state index >= 15 is 0 Å². The number of rotatable bonds is 7. The summed E-state index contributed by atoms with van der Waals surface area (Å²) in [5.74, 6) is 0.400. The molecular weight excluding hydrogens is 318 g/mol. The molecule has 1 aromatic carbocycles. The first-order chi connectivity index (χ1) is 11.1. The molecule has 0 atom stereocenters. The molecule has 1 amide bonds. The molecular formula is C16H20ClN3O3. The van der Waals surface area contributed by atoms with Crippen molar-refractivity contribution in [3.63, 3.8) is 0 Å². The molecule has 23 heavy (non-hydrogen) atoms. The van der Waals surface area contributed by atoms with Crippen LogP contribution in [0.15, 0.2) is 41.2 Å². The number of allylic oxidation sites excluding steroid dienone is 2. The molecule has 0 aliphatic heterocycles. The molecule has 1 aromatic heterocycles. The fourth-order valence-electron chi connectivity index (χ4n) is 2.52. The number of halogens is 1. The van der Waals surface area contributed by atoms with Crippen LogP contribution in [0.2, 0.25) is 0 Å². The lowest BCUT2D eigenvalue weighted by Crippen LogP contribution is -2.34. The standard InChI is InChI=1S/C16H20ClN3O3/c1-2-18(16(22)23)11-12-20-14-8-4-3-7-13(14)19(15(20)21)10-6-5-9-17/h3-8H,2,9-12H2,1H3,(H,22,23). The monoisotopic (exact) mass is 337 g/mol. The molecule has 0 aliphatic rings. The molecule has 2 rings (SSSR count). The lowest BCUT2D eigenvalue weighted by Gasteiger charge is -2.16. The van der Waals surface area contributed by atoms with E-state index < -0.39 is 6.09 Å². The quantitative estimate of drug-likeness (QED) is 0.623. The Bertz CT molecular complexity index is 764. The van der Waals surface area contributed by atoms with Crippen molar-refractivity contribution in [3.8, 4) is 0 Å². The van der Waals surface area contributed by atoms with E-state index in [0.717, 1.165) is 11.0 Å². The second-order valence-corrected chi connectivity index (χ2v) is 5.33. The Morgan fingerprint density at radius 2 is 1.91 bits per heavy atom. The first kappa shape index (κ1) is 17.1. The van der Waals surface area contributed by atoms with Gasteiger partial charge in [0.2, 0.25) is 0 Å². The number of para-hydroxylation sites is 2. The van der Waals surface area contributed by atoms with Crippen LogP contribution < -0.4 is 5.69 Å². The highest BCUT2D eigenvalue weighted by atomic mass is 35.5. The van der Waals surface area contributed by atoms with Crippen LogP contribution in [0.1, 0.15) is 6.92 Å². The average molecular weight is 338 g/mol. The van der Waals surface area contributed by atoms with Gasteiger partial charge in [0.15, 0.2) is 0 Å². The Balaban J connectivity index is 2.36. The Labute approximate surface area is 139 Å². The number of benzene rings is 1. The maximum absolute atomic E-state index is 12.6. The molecule has 0 aliphatic carbocycles. The third kappa shape index (κ3) is 3.76. The first-order valence-electron chi connectivity index (χ1n) is 7.47. The van der Waals surface area contributed by atoms with Crippen molar-refractivity contribution in [1.29, 1.82) is 0 Å². The number of carbonyl (C=O) groups is 1. The highest BCUT2D eigenvalue weighted by Gasteiger charge is 2.14. The number of nitrogens with zero attached hydrogens (tertiary/aromatic N) is 3. The zero-order chi connectivity index (χ0) is 16.8. The molecule has 6 nitrogen and oxygen atoms in total. The van der Waals surface area contributed by atoms with Crippen molar-refractivity contribution in [2.75, 3.05) is 19.0 Å². The SMILES string of the molecule is CCN(CCn1c(=O)n(CC=CCCl)c2ccccc21)C(=O)O. The van der Waals surface area contributed by atoms with Crippen LogP contribution in [0.4, 0.5) is 4.79 Å². The van der Waals surface area contributed by atoms with Crippen LogP contribution in [-0.4, -0.2) is 44.2 Å². The minimum Gasteiger partial charge on any atom is -0.465 e. The number of likely N-dealkylation sites (N-methyl/N-ethyl adjacent to an activating group) is 1. The van der Waals surface area contributed by atoms with Gasteiger partial charge in [-0.1, -0.05) is 24.3 Å². The molecule has 0 bridgehead atoms. The average Bonchev–Trinajstić information content (AvgIpc) is 2.81. The minimum atomic E-state index is -0.977. The molecule has 1 N–H and O–H groups in total. The van der Waals surface area contributed by atoms with E-state index in [9.17, 15) is 9.59 Å². The molecule has 1 heterocycles. The van der Waals surface area contributed by atoms with E-state index in [4.69, 9.17) is 16.7 Å². The van der Waals surface area contributed by atoms with Crippen molar-refractivity contribution < 1.29 is 9.90 Å². The van der Waals surface area contributed by atoms with Crippen LogP contribution in [0, 0.1) is 0 Å². The summed E-state index contributed by atoms with van der Waals surface area (Å²) < 4.78 is 3.28. The molecule has 0 saturated carbocycles. The predicted octanol–water partition coefficient (Wildman–Crippen LogP) is 2.60. The number of amides is 1. The molecule has 7 heteroatoms. The summed E-state index contributed by atoms with van der Waals surface area (Å²) in [4.78, 5) is 25.0. The van der Waals surface area contributed by atoms with E-state index in [1.165, 1.54) is 4.90 Å². The van der Waals surface area contributed by atoms with Crippen LogP contribution in [0.3, 0.4) is 0 Å². The van der Waals surface area contributed by atoms with Gasteiger partial charge in [-0.15, -0.1) is 11.6 Å². The third-order valence-electron chi connectivity index (χ3n) is 3.71. The normalized spacial score (nSPS) is 11.4. The second kappa shape index (κ2) is 7.87. The lowest BCUT2D eigenvalue weighted by molar-refractivity contribution is 0.146. The molecule has 0 spiro atoms. The fraction of sp³-hybridized carbons (Fsp3) is 0.375. The van der Waals surface area contributed by atoms with Gasteiger partial charge in [0.05, 0.1) is 11.0 Å². The van der Waals surface area contributed by atoms with E-state index in [1.54, 1.807) is 22.1 Å². The van der Waals surface area contributed by atoms with Gasteiger partial charge in [-0.05, 0) is 19.1 Å². The molecule has 0 unspecified atom stereocenters. The summed E-state index contributed by atoms with van der Waals surface area (Å²) in [5.41, 5.74) is 1.49. The van der Waals surface area contributed by atoms with E-state index in [-0.39, 0.29) is 12.2 Å². The Hall–Kier alpha value is -2.21. The van der Waals surface area contributed by atoms with Gasteiger partial charge in [-0.3, -0.25) is 9.13 Å². The lowest BCUT2D eigenvalue weighted by atomic mass is 10.3. The van der Waals surface area contributed by atoms with Gasteiger partial charge in [0, 0.05) is 32.1 Å². The van der Waals surface area contributed by atoms with E-state index in [2.05, 4.69) is 0 Å². The second-order valence-electron chi connectivity index (χ2n) is 5.02. The molecule has 2 aromatic rings. The molecule has 0 saturated heterocycles. The maximum atomic E-state index is 12.6. The summed E-state index contributed by atoms with van der Waals surface area (Å²) in [6.45, 7) is 3.21. The van der Waals surface area contributed by atoms with Gasteiger partial charge >= 0.3 is 11.8 Å². The number of carboxylic acid groups (broad SMARTS) is 1. The highest BCUT2D eigenvalue weighted by molar-refractivity contribution is 6.18. The zero-order valence-corrected chi connectivity index (χ0v) is 13.7. The summed E-state index contributed by atoms with van der Waals surface area (Å²) in [5, 5.41) is 9.09. The topological polar surface area (TPSA) is 67.5 Å². The summed E-state index contributed by atoms with van der Waals surface area (Å²) in [7, 11) is 0. The van der Waals surface area contributed by atoms with Gasteiger partial charge < -0.3 is 10.0 Å². The van der Waals surface area contributed by atoms with E-state index in [0.29, 0.717) is 25.5 Å². The number of alkyl halides is 1. The predicted molar refractivity (Wildman–Crippen MR) is 91.3 cm³/mol. The maximum Gasteiger partial charge on any atom is 0.407 e. The first-order valence-corrected chi connectivity index (χ1v) is 8.00. The smallest absolute Gasteiger partial charge is 0.407 e. The summed E-state index contributed by atoms with van der Waals surface area (Å²) in [6, 6.07) is 7.50. The molecule has 0 radical (unpaired) electrons. The highest BCUT2D eigenvalue weighted by Crippen LogP contribution is 2.13. The van der Waals surface area contributed by atoms with Crippen molar-refractivity contribution >= 4 is 28.7 Å². The van der Waals surface area contributed by atoms with Gasteiger partial charge in [0.1, 0.15) is 0 Å². The molecule has 0 fully saturated rings. The summed E-state index contributed by atoms with van der Waals surface area (Å²) >= 11 is 5.62. The number of imidazole rings is 1. The van der Waals surface area contributed by atoms with Crippen molar-refractivity contribution in [3.05, 3.63) is 46.9 Å². The third-order valence-corrected chi connectivity index (χ3v) is 3.89. The van der Waals surface area contributed by atoms with E-state index in [1.807, 2.05) is 30.3 Å². The molecule has 124 valence electrons. The summed E-state index contributed by atoms with van der Waals surface area (Å²) in [6.07, 6.45) is 2.67. The van der Waals surface area contributed by atoms with Crippen molar-refractivity contribution in [2.24, 2.45) is 0 Å². The van der Waals surface area contributed by atoms with Gasteiger partial charge in [0.25, 0.3) is 0 Å². The Kier molecular flexibility index (Phi) is 5.87. The zero-order valence-electron chi connectivity index (χ0n) is 13.0. The van der Waals surface area contributed by atoms with Gasteiger partial charge in [-0.25, -0.2) is 9.59 Å². The van der Waals surface area contributed by atoms with Crippen LogP contribution in [0.25, 0.3) is 11.0 Å². The number of hydrogen-bond donors (Lipinski definition) is 1. The minimum absolute atomic E-state index is 0.146. The Morgan fingerprint density at radius 3 is 2.48 bits per heavy atom. The number of fused-ring (bicyclic) bond motifs is 1.